The highest BCUT2D eigenvalue weighted by molar-refractivity contribution is 6.07. The summed E-state index contributed by atoms with van der Waals surface area (Å²) in [5.41, 5.74) is 7.55. The third kappa shape index (κ3) is 26.1. The zero-order valence-electron chi connectivity index (χ0n) is 79.0. The number of allylic oxidation sites excluding steroid dienone is 1. The molecular weight excluding hydrogens is 1730 g/mol. The quantitative estimate of drug-likeness (QED) is 0.0247. The van der Waals surface area contributed by atoms with Crippen molar-refractivity contribution in [1.82, 2.24) is 96.6 Å². The van der Waals surface area contributed by atoms with Gasteiger partial charge in [0.1, 0.15) is 41.1 Å². The Morgan fingerprint density at radius 1 is 0.418 bits per heavy atom. The van der Waals surface area contributed by atoms with E-state index in [4.69, 9.17) is 18.9 Å². The number of benzene rings is 1. The number of aromatic amines is 3. The van der Waals surface area contributed by atoms with Crippen molar-refractivity contribution in [2.75, 3.05) is 93.4 Å². The minimum Gasteiger partial charge on any atom is -0.391 e. The number of fused-ring (bicyclic) bond motifs is 4. The van der Waals surface area contributed by atoms with Crippen molar-refractivity contribution in [3.63, 3.8) is 0 Å². The number of pyridine rings is 3. The van der Waals surface area contributed by atoms with Gasteiger partial charge in [-0.2, -0.15) is 0 Å². The number of aliphatic hydroxyl groups excluding tert-OH is 4. The molecule has 11 heterocycles. The van der Waals surface area contributed by atoms with Crippen LogP contribution in [-0.4, -0.2) is 344 Å². The monoisotopic (exact) mass is 1860 g/mol. The number of hydrogen-bond acceptors (Lipinski definition) is 26. The molecule has 134 heavy (non-hydrogen) atoms. The highest BCUT2D eigenvalue weighted by Gasteiger charge is 2.46. The number of nitrogens with one attached hydrogen (secondary N) is 13. The largest absolute Gasteiger partial charge is 0.391 e. The molecule has 0 radical (unpaired) electrons. The summed E-state index contributed by atoms with van der Waals surface area (Å²) in [6, 6.07) is 8.25. The highest BCUT2D eigenvalue weighted by Crippen LogP contribution is 2.35. The Kier molecular flexibility index (Phi) is 38.8. The summed E-state index contributed by atoms with van der Waals surface area (Å²) >= 11 is 0. The minimum atomic E-state index is -0.914. The zero-order valence-corrected chi connectivity index (χ0v) is 79.0. The Morgan fingerprint density at radius 3 is 1.16 bits per heavy atom. The van der Waals surface area contributed by atoms with Crippen LogP contribution in [0.5, 0.6) is 0 Å². The number of ether oxygens (including phenoxy) is 4. The summed E-state index contributed by atoms with van der Waals surface area (Å²) in [6.07, 6.45) is 14.5. The molecule has 40 nitrogen and oxygen atoms in total. The second-order valence-electron chi connectivity index (χ2n) is 34.2. The van der Waals surface area contributed by atoms with E-state index in [1.165, 1.54) is 51.2 Å². The number of likely N-dealkylation sites (tertiary alicyclic amines) is 4. The van der Waals surface area contributed by atoms with Crippen LogP contribution in [0.4, 0.5) is 11.4 Å². The van der Waals surface area contributed by atoms with Crippen LogP contribution in [0.1, 0.15) is 108 Å². The van der Waals surface area contributed by atoms with Gasteiger partial charge in [0.05, 0.1) is 89.9 Å². The maximum atomic E-state index is 13.6. The fraction of sp³-hybridized carbons (Fsp3) is 0.511. The molecule has 4 aliphatic heterocycles. The number of carbonyl (C=O) groups excluding carboxylic acids is 11. The van der Waals surface area contributed by atoms with E-state index in [0.29, 0.717) is 74.0 Å². The summed E-state index contributed by atoms with van der Waals surface area (Å²) in [6.45, 7) is 25.0. The number of methoxy groups -OCH3 is 4. The van der Waals surface area contributed by atoms with Crippen LogP contribution in [-0.2, 0) is 92.6 Å². The van der Waals surface area contributed by atoms with Crippen molar-refractivity contribution in [2.45, 2.75) is 228 Å². The molecule has 7 aromatic heterocycles. The molecule has 0 unspecified atom stereocenters. The van der Waals surface area contributed by atoms with Gasteiger partial charge < -0.3 is 127 Å². The molecule has 8 aromatic rings. The van der Waals surface area contributed by atoms with Gasteiger partial charge in [-0.1, -0.05) is 31.9 Å². The number of hydrogen-bond donors (Lipinski definition) is 17. The first-order valence-electron chi connectivity index (χ1n) is 44.9. The lowest BCUT2D eigenvalue weighted by atomic mass is 10.0. The van der Waals surface area contributed by atoms with Gasteiger partial charge in [0.25, 0.3) is 5.91 Å². The third-order valence-corrected chi connectivity index (χ3v) is 25.4. The number of nitrogens with zero attached hydrogens (tertiary/aromatic N) is 8. The molecule has 0 bridgehead atoms. The fourth-order valence-electron chi connectivity index (χ4n) is 16.8. The van der Waals surface area contributed by atoms with E-state index in [1.807, 2.05) is 42.7 Å². The first-order valence-corrected chi connectivity index (χ1v) is 44.9. The summed E-state index contributed by atoms with van der Waals surface area (Å²) in [5.74, 6) is -3.38. The van der Waals surface area contributed by atoms with Crippen molar-refractivity contribution in [3.8, 4) is 0 Å². The number of rotatable bonds is 37. The number of carbonyl (C=O) groups is 11. The molecule has 4 aliphatic rings. The number of aliphatic hydroxyl groups is 4. The first kappa shape index (κ1) is 106. The van der Waals surface area contributed by atoms with Crippen molar-refractivity contribution < 1.29 is 92.1 Å². The standard InChI is InChI=1S/C25H35N5O5.C24H34N6O5.C24H33N5O5.C21H31N5O4/c1-6-21(32)28-20-9-7-8-19-16(12-27-23(19)20)10-17-11-18(31)13-30(17)25(34)22(15(3)35-5)29-24(33)14(2)26-4;1-6-19(32)28-18-7-8-26-22-20(18)15(11-27-22)9-16-10-17(31)12-30(16)24(34)21(14(3)35-5)29-23(33)13(2)25-4;1-6-20(31)29-12-16(19-8-7-9-26-22(19)29)10-17-11-18(30)13-28(17)24(33)21(15(3)34-5)27-23(32)14(2)25-4;1-12(22-3)20(28)25-18(13(2)30-4)21(29)26-11-16(27)9-15(26)8-14-10-24-19-17(14)6-5-7-23-19/h6-9,12,14-15,17-18,22,26-27,31H,1,10-11,13H2,2-5H3,(H,28,32)(H,29,33);6-8,11,13-14,16-17,21,25,31H,1,9-10,12H2,2-5H3,(H,29,33)(H2,26,27,28,32);6-9,12,14-15,17-18,21,25,30H,1,10-11,13H2,2-5H3,(H,27,32);5-7,10,12-13,15-16,18,22,27H,8-9,11H2,1-4H3,(H,23,24)(H,25,28)/t14-,15+,17+,18-,22-;13-,14+,16+,17-,21-;14-,15+,17+,18-,21-;12-,13+,15+,16-,18-/m0000/s1. The molecule has 0 saturated carbocycles. The second kappa shape index (κ2) is 49.3. The fourth-order valence-corrected chi connectivity index (χ4v) is 16.8. The maximum absolute atomic E-state index is 13.6. The van der Waals surface area contributed by atoms with E-state index < -0.39 is 97.2 Å². The maximum Gasteiger partial charge on any atom is 0.255 e. The molecule has 4 saturated heterocycles. The number of likely N-dealkylation sites (N-methyl/N-ethyl adjacent to an activating group) is 4. The SMILES string of the molecule is C=CC(=O)Nc1cccc2c(C[C@@H]3C[C@H](O)CN3C(=O)[C@@H](NC(=O)[C@H](C)NC)[C@@H](C)OC)c[nH]c12.C=CC(=O)Nc1ccnc2[nH]cc(C[C@@H]3C[C@H](O)CN3C(=O)[C@@H](NC(=O)[C@H](C)NC)[C@@H](C)OC)c12.C=CC(=O)n1cc(C[C@@H]2C[C@H](O)CN2C(=O)[C@@H](NC(=O)[C@H](C)NC)[C@@H](C)OC)c2cccnc21.CN[C@@H](C)C(=O)N[C@H](C(=O)N1C[C@@H](O)C[C@H]1Cc1c[nH]c2ncccc12)[C@@H](C)OC. The van der Waals surface area contributed by atoms with E-state index in [2.05, 4.69) is 103 Å². The lowest BCUT2D eigenvalue weighted by Gasteiger charge is -2.32. The Balaban J connectivity index is 0.000000201. The minimum absolute atomic E-state index is 0.147. The molecule has 12 rings (SSSR count). The number of para-hydroxylation sites is 1. The average Bonchev–Trinajstić information content (AvgIpc) is 1.63. The van der Waals surface area contributed by atoms with Crippen molar-refractivity contribution >= 4 is 120 Å². The molecule has 10 amide bonds. The molecule has 0 aliphatic carbocycles. The predicted octanol–water partition coefficient (Wildman–Crippen LogP) is 1.93. The first-order chi connectivity index (χ1) is 63.9. The Bertz CT molecular complexity index is 5420. The molecule has 0 spiro atoms. The van der Waals surface area contributed by atoms with Gasteiger partial charge in [0.2, 0.25) is 59.1 Å². The number of amides is 10. The topological polar surface area (TPSA) is 530 Å². The van der Waals surface area contributed by atoms with E-state index in [-0.39, 0.29) is 115 Å². The van der Waals surface area contributed by atoms with Crippen LogP contribution in [0, 0.1) is 0 Å². The number of β-amino-alcohol motifs (C(OH)–C–C–N with tert-alkyl or cyclic N) is 4. The summed E-state index contributed by atoms with van der Waals surface area (Å²) in [5, 5.41) is 73.2. The van der Waals surface area contributed by atoms with Gasteiger partial charge in [0, 0.05) is 144 Å². The number of anilines is 2. The highest BCUT2D eigenvalue weighted by atomic mass is 16.5. The van der Waals surface area contributed by atoms with Gasteiger partial charge in [-0.25, -0.2) is 15.0 Å². The molecule has 4 fully saturated rings. The molecule has 1 aromatic carbocycles. The smallest absolute Gasteiger partial charge is 0.255 e. The third-order valence-electron chi connectivity index (χ3n) is 25.4. The summed E-state index contributed by atoms with van der Waals surface area (Å²) in [7, 11) is 12.6. The Hall–Kier alpha value is -12.1. The number of H-pyrrole nitrogens is 3. The zero-order chi connectivity index (χ0) is 98.2. The Morgan fingerprint density at radius 2 is 0.761 bits per heavy atom. The lowest BCUT2D eigenvalue weighted by molar-refractivity contribution is -0.141. The van der Waals surface area contributed by atoms with Crippen LogP contribution in [0.15, 0.2) is 130 Å². The van der Waals surface area contributed by atoms with Crippen molar-refractivity contribution in [2.24, 2.45) is 0 Å². The molecule has 40 heteroatoms. The van der Waals surface area contributed by atoms with Gasteiger partial charge in [0.15, 0.2) is 0 Å². The van der Waals surface area contributed by atoms with E-state index in [9.17, 15) is 73.2 Å². The predicted molar refractivity (Wildman–Crippen MR) is 506 cm³/mol. The van der Waals surface area contributed by atoms with E-state index in [0.717, 1.165) is 55.0 Å². The van der Waals surface area contributed by atoms with Crippen LogP contribution in [0.3, 0.4) is 0 Å². The van der Waals surface area contributed by atoms with Gasteiger partial charge >= 0.3 is 0 Å². The lowest BCUT2D eigenvalue weighted by Crippen LogP contribution is -2.58. The van der Waals surface area contributed by atoms with Crippen LogP contribution < -0.4 is 53.2 Å². The van der Waals surface area contributed by atoms with Crippen LogP contribution >= 0.6 is 0 Å². The van der Waals surface area contributed by atoms with E-state index in [1.54, 1.807) is 152 Å². The Labute approximate surface area is 779 Å². The van der Waals surface area contributed by atoms with Gasteiger partial charge in [-0.3, -0.25) is 57.3 Å². The van der Waals surface area contributed by atoms with Crippen LogP contribution in [0.2, 0.25) is 0 Å². The molecule has 17 N–H and O–H groups in total. The molecule has 728 valence electrons. The summed E-state index contributed by atoms with van der Waals surface area (Å²) < 4.78 is 23.0. The van der Waals surface area contributed by atoms with Gasteiger partial charge in [-0.15, -0.1) is 0 Å². The molecular formula is C94H133N21O19. The van der Waals surface area contributed by atoms with Crippen molar-refractivity contribution in [1.29, 1.82) is 0 Å². The second-order valence-corrected chi connectivity index (χ2v) is 34.2. The summed E-state index contributed by atoms with van der Waals surface area (Å²) in [4.78, 5) is 169. The van der Waals surface area contributed by atoms with Crippen LogP contribution in [0.25, 0.3) is 44.0 Å². The number of aromatic nitrogens is 7. The van der Waals surface area contributed by atoms with Gasteiger partial charge in [-0.05, 0) is 212 Å². The molecule has 20 atom stereocenters. The van der Waals surface area contributed by atoms with Crippen molar-refractivity contribution in [3.05, 3.63) is 152 Å². The van der Waals surface area contributed by atoms with E-state index >= 15 is 0 Å². The average molecular weight is 1860 g/mol. The normalized spacial score (nSPS) is 20.8.